The van der Waals surface area contributed by atoms with Gasteiger partial charge in [0.2, 0.25) is 5.91 Å². The number of ether oxygens (including phenoxy) is 1. The molecule has 5 heteroatoms. The van der Waals surface area contributed by atoms with Gasteiger partial charge in [-0.3, -0.25) is 9.59 Å². The molecule has 0 aliphatic heterocycles. The SMILES string of the molecule is Cc1cccc(OCCCCC(=O)N[C@@H]2CCC[C@@H]2C(=O)O)c1. The van der Waals surface area contributed by atoms with E-state index in [1.807, 2.05) is 31.2 Å². The zero-order chi connectivity index (χ0) is 16.7. The van der Waals surface area contributed by atoms with Crippen molar-refractivity contribution in [2.45, 2.75) is 51.5 Å². The quantitative estimate of drug-likeness (QED) is 0.722. The molecule has 2 atom stereocenters. The summed E-state index contributed by atoms with van der Waals surface area (Å²) in [6.45, 7) is 2.60. The molecule has 1 aliphatic carbocycles. The molecule has 0 radical (unpaired) electrons. The molecule has 2 N–H and O–H groups in total. The van der Waals surface area contributed by atoms with Crippen molar-refractivity contribution in [2.24, 2.45) is 5.92 Å². The normalized spacial score (nSPS) is 20.2. The summed E-state index contributed by atoms with van der Waals surface area (Å²) in [5, 5.41) is 12.0. The number of aryl methyl sites for hydroxylation is 1. The Hall–Kier alpha value is -2.04. The first-order chi connectivity index (χ1) is 11.1. The molecule has 126 valence electrons. The zero-order valence-electron chi connectivity index (χ0n) is 13.6. The van der Waals surface area contributed by atoms with Crippen LogP contribution < -0.4 is 10.1 Å². The standard InChI is InChI=1S/C18H25NO4/c1-13-6-4-7-14(12-13)23-11-3-2-10-17(20)19-16-9-5-8-15(16)18(21)22/h4,6-7,12,15-16H,2-3,5,8-11H2,1H3,(H,19,20)(H,21,22)/t15-,16+/m0/s1. The molecule has 1 saturated carbocycles. The number of amides is 1. The summed E-state index contributed by atoms with van der Waals surface area (Å²) in [4.78, 5) is 23.0. The Morgan fingerprint density at radius 3 is 2.87 bits per heavy atom. The van der Waals surface area contributed by atoms with Gasteiger partial charge in [0.15, 0.2) is 0 Å². The molecular formula is C18H25NO4. The van der Waals surface area contributed by atoms with Crippen LogP contribution in [0.4, 0.5) is 0 Å². The number of hydrogen-bond donors (Lipinski definition) is 2. The van der Waals surface area contributed by atoms with E-state index in [2.05, 4.69) is 5.32 Å². The van der Waals surface area contributed by atoms with E-state index >= 15 is 0 Å². The maximum absolute atomic E-state index is 11.9. The van der Waals surface area contributed by atoms with Gasteiger partial charge in [-0.1, -0.05) is 18.6 Å². The van der Waals surface area contributed by atoms with Crippen molar-refractivity contribution in [3.63, 3.8) is 0 Å². The first-order valence-electron chi connectivity index (χ1n) is 8.28. The highest BCUT2D eigenvalue weighted by atomic mass is 16.5. The van der Waals surface area contributed by atoms with Crippen LogP contribution in [-0.4, -0.2) is 29.6 Å². The molecule has 0 heterocycles. The number of rotatable bonds is 8. The Morgan fingerprint density at radius 1 is 1.30 bits per heavy atom. The molecule has 1 fully saturated rings. The lowest BCUT2D eigenvalue weighted by atomic mass is 10.0. The largest absolute Gasteiger partial charge is 0.494 e. The maximum Gasteiger partial charge on any atom is 0.308 e. The number of carbonyl (C=O) groups excluding carboxylic acids is 1. The van der Waals surface area contributed by atoms with E-state index in [9.17, 15) is 9.59 Å². The number of unbranched alkanes of at least 4 members (excludes halogenated alkanes) is 1. The van der Waals surface area contributed by atoms with E-state index in [0.717, 1.165) is 37.0 Å². The van der Waals surface area contributed by atoms with Crippen molar-refractivity contribution in [3.8, 4) is 5.75 Å². The minimum atomic E-state index is -0.806. The third kappa shape index (κ3) is 5.58. The van der Waals surface area contributed by atoms with Gasteiger partial charge >= 0.3 is 5.97 Å². The monoisotopic (exact) mass is 319 g/mol. The van der Waals surface area contributed by atoms with Crippen molar-refractivity contribution >= 4 is 11.9 Å². The maximum atomic E-state index is 11.9. The van der Waals surface area contributed by atoms with Crippen LogP contribution in [0.25, 0.3) is 0 Å². The fourth-order valence-corrected chi connectivity index (χ4v) is 2.99. The Morgan fingerprint density at radius 2 is 2.13 bits per heavy atom. The summed E-state index contributed by atoms with van der Waals surface area (Å²) < 4.78 is 5.64. The van der Waals surface area contributed by atoms with Crippen LogP contribution in [0.2, 0.25) is 0 Å². The molecule has 0 unspecified atom stereocenters. The summed E-state index contributed by atoms with van der Waals surface area (Å²) in [5.41, 5.74) is 1.16. The summed E-state index contributed by atoms with van der Waals surface area (Å²) in [5.74, 6) is -0.439. The second-order valence-electron chi connectivity index (χ2n) is 6.17. The second-order valence-corrected chi connectivity index (χ2v) is 6.17. The molecule has 0 saturated heterocycles. The molecule has 1 amide bonds. The highest BCUT2D eigenvalue weighted by Crippen LogP contribution is 2.25. The van der Waals surface area contributed by atoms with Crippen LogP contribution in [0.5, 0.6) is 5.75 Å². The third-order valence-corrected chi connectivity index (χ3v) is 4.24. The van der Waals surface area contributed by atoms with Crippen molar-refractivity contribution in [2.75, 3.05) is 6.61 Å². The number of carbonyl (C=O) groups is 2. The van der Waals surface area contributed by atoms with Gasteiger partial charge in [0.1, 0.15) is 5.75 Å². The summed E-state index contributed by atoms with van der Waals surface area (Å²) in [6.07, 6.45) is 4.24. The zero-order valence-corrected chi connectivity index (χ0v) is 13.6. The van der Waals surface area contributed by atoms with Crippen molar-refractivity contribution < 1.29 is 19.4 Å². The lowest BCUT2D eigenvalue weighted by Gasteiger charge is -2.17. The fourth-order valence-electron chi connectivity index (χ4n) is 2.99. The van der Waals surface area contributed by atoms with Crippen LogP contribution >= 0.6 is 0 Å². The number of carboxylic acid groups (broad SMARTS) is 1. The Balaban J connectivity index is 1.60. The van der Waals surface area contributed by atoms with E-state index in [0.29, 0.717) is 19.4 Å². The molecule has 0 spiro atoms. The predicted molar refractivity (Wildman–Crippen MR) is 87.4 cm³/mol. The molecule has 0 bridgehead atoms. The molecule has 1 aliphatic rings. The fraction of sp³-hybridized carbons (Fsp3) is 0.556. The Bertz CT molecular complexity index is 544. The molecule has 5 nitrogen and oxygen atoms in total. The van der Waals surface area contributed by atoms with E-state index < -0.39 is 11.9 Å². The minimum absolute atomic E-state index is 0.0568. The van der Waals surface area contributed by atoms with Gasteiger partial charge in [-0.15, -0.1) is 0 Å². The molecule has 1 aromatic rings. The summed E-state index contributed by atoms with van der Waals surface area (Å²) in [6, 6.07) is 7.68. The first kappa shape index (κ1) is 17.3. The lowest BCUT2D eigenvalue weighted by Crippen LogP contribution is -2.40. The van der Waals surface area contributed by atoms with Crippen LogP contribution in [0.1, 0.15) is 44.1 Å². The van der Waals surface area contributed by atoms with Gasteiger partial charge < -0.3 is 15.2 Å². The molecule has 0 aromatic heterocycles. The number of benzene rings is 1. The Labute approximate surface area is 137 Å². The van der Waals surface area contributed by atoms with E-state index in [1.54, 1.807) is 0 Å². The van der Waals surface area contributed by atoms with E-state index in [-0.39, 0.29) is 11.9 Å². The number of aliphatic carboxylic acids is 1. The van der Waals surface area contributed by atoms with Gasteiger partial charge in [-0.25, -0.2) is 0 Å². The smallest absolute Gasteiger partial charge is 0.308 e. The van der Waals surface area contributed by atoms with Gasteiger partial charge in [-0.2, -0.15) is 0 Å². The minimum Gasteiger partial charge on any atom is -0.494 e. The van der Waals surface area contributed by atoms with Crippen LogP contribution in [0, 0.1) is 12.8 Å². The van der Waals surface area contributed by atoms with Crippen molar-refractivity contribution in [3.05, 3.63) is 29.8 Å². The van der Waals surface area contributed by atoms with Crippen LogP contribution in [0.3, 0.4) is 0 Å². The molecule has 1 aromatic carbocycles. The van der Waals surface area contributed by atoms with Gasteiger partial charge in [0.25, 0.3) is 0 Å². The topological polar surface area (TPSA) is 75.6 Å². The van der Waals surface area contributed by atoms with Gasteiger partial charge in [0, 0.05) is 12.5 Å². The summed E-state index contributed by atoms with van der Waals surface area (Å²) in [7, 11) is 0. The first-order valence-corrected chi connectivity index (χ1v) is 8.28. The Kier molecular flexibility index (Phi) is 6.44. The number of hydrogen-bond acceptors (Lipinski definition) is 3. The number of nitrogens with one attached hydrogen (secondary N) is 1. The van der Waals surface area contributed by atoms with Crippen molar-refractivity contribution in [1.29, 1.82) is 0 Å². The van der Waals surface area contributed by atoms with E-state index in [1.165, 1.54) is 0 Å². The summed E-state index contributed by atoms with van der Waals surface area (Å²) >= 11 is 0. The molecular weight excluding hydrogens is 294 g/mol. The highest BCUT2D eigenvalue weighted by Gasteiger charge is 2.33. The number of carboxylic acids is 1. The van der Waals surface area contributed by atoms with Gasteiger partial charge in [-0.05, 0) is 50.3 Å². The molecule has 2 rings (SSSR count). The second kappa shape index (κ2) is 8.56. The lowest BCUT2D eigenvalue weighted by molar-refractivity contribution is -0.142. The average molecular weight is 319 g/mol. The average Bonchev–Trinajstić information content (AvgIpc) is 2.95. The van der Waals surface area contributed by atoms with Gasteiger partial charge in [0.05, 0.1) is 12.5 Å². The highest BCUT2D eigenvalue weighted by molar-refractivity contribution is 5.78. The van der Waals surface area contributed by atoms with Crippen LogP contribution in [-0.2, 0) is 9.59 Å². The predicted octanol–water partition coefficient (Wildman–Crippen LogP) is 2.91. The van der Waals surface area contributed by atoms with Crippen molar-refractivity contribution in [1.82, 2.24) is 5.32 Å². The van der Waals surface area contributed by atoms with E-state index in [4.69, 9.17) is 9.84 Å². The van der Waals surface area contributed by atoms with Crippen LogP contribution in [0.15, 0.2) is 24.3 Å². The third-order valence-electron chi connectivity index (χ3n) is 4.24. The molecule has 23 heavy (non-hydrogen) atoms.